The normalized spacial score (nSPS) is 11.0. The van der Waals surface area contributed by atoms with Crippen LogP contribution in [0.15, 0.2) is 18.2 Å². The minimum Gasteiger partial charge on any atom is -0.338 e. The highest BCUT2D eigenvalue weighted by atomic mass is 19.1. The van der Waals surface area contributed by atoms with E-state index in [1.165, 1.54) is 57.4 Å². The Morgan fingerprint density at radius 1 is 0.690 bits per heavy atom. The molecule has 0 saturated heterocycles. The van der Waals surface area contributed by atoms with Crippen molar-refractivity contribution in [3.63, 3.8) is 0 Å². The first-order valence-electron chi connectivity index (χ1n) is 11.8. The lowest BCUT2D eigenvalue weighted by molar-refractivity contribution is 0.0739. The zero-order valence-corrected chi connectivity index (χ0v) is 18.7. The van der Waals surface area contributed by atoms with Gasteiger partial charge in [-0.1, -0.05) is 97.0 Å². The van der Waals surface area contributed by atoms with Crippen molar-refractivity contribution in [3.05, 3.63) is 35.4 Å². The average Bonchev–Trinajstić information content (AvgIpc) is 2.70. The number of halogens is 2. The summed E-state index contributed by atoms with van der Waals surface area (Å²) in [6, 6.07) is 3.63. The largest absolute Gasteiger partial charge is 0.338 e. The fourth-order valence-corrected chi connectivity index (χ4v) is 3.69. The molecule has 0 heterocycles. The summed E-state index contributed by atoms with van der Waals surface area (Å²) in [5.74, 6) is -2.03. The monoisotopic (exact) mass is 409 g/mol. The number of rotatable bonds is 17. The summed E-state index contributed by atoms with van der Waals surface area (Å²) >= 11 is 0. The minimum atomic E-state index is -0.765. The highest BCUT2D eigenvalue weighted by Gasteiger charge is 2.22. The van der Waals surface area contributed by atoms with Gasteiger partial charge in [-0.2, -0.15) is 0 Å². The lowest BCUT2D eigenvalue weighted by Crippen LogP contribution is -2.34. The Kier molecular flexibility index (Phi) is 14.4. The van der Waals surface area contributed by atoms with Crippen LogP contribution in [0.4, 0.5) is 8.78 Å². The van der Waals surface area contributed by atoms with Gasteiger partial charge in [0.2, 0.25) is 0 Å². The summed E-state index contributed by atoms with van der Waals surface area (Å²) in [5.41, 5.74) is -0.404. The van der Waals surface area contributed by atoms with Crippen LogP contribution in [0.3, 0.4) is 0 Å². The van der Waals surface area contributed by atoms with Crippen LogP contribution < -0.4 is 0 Å². The zero-order chi connectivity index (χ0) is 21.3. The van der Waals surface area contributed by atoms with Crippen molar-refractivity contribution < 1.29 is 13.6 Å². The second kappa shape index (κ2) is 16.4. The molecule has 0 N–H and O–H groups in total. The van der Waals surface area contributed by atoms with E-state index in [2.05, 4.69) is 13.8 Å². The highest BCUT2D eigenvalue weighted by Crippen LogP contribution is 2.17. The molecule has 0 aliphatic rings. The van der Waals surface area contributed by atoms with Gasteiger partial charge in [0.05, 0.1) is 0 Å². The maximum atomic E-state index is 14.1. The molecule has 1 aromatic carbocycles. The van der Waals surface area contributed by atoms with Crippen molar-refractivity contribution in [1.82, 2.24) is 4.90 Å². The lowest BCUT2D eigenvalue weighted by atomic mass is 10.1. The van der Waals surface area contributed by atoms with Gasteiger partial charge in [-0.15, -0.1) is 0 Å². The predicted molar refractivity (Wildman–Crippen MR) is 118 cm³/mol. The third kappa shape index (κ3) is 10.8. The summed E-state index contributed by atoms with van der Waals surface area (Å²) in [6.45, 7) is 5.57. The molecule has 0 bridgehead atoms. The molecule has 0 radical (unpaired) electrons. The van der Waals surface area contributed by atoms with Crippen molar-refractivity contribution in [3.8, 4) is 0 Å². The molecule has 1 amide bonds. The number of unbranched alkanes of at least 4 members (excludes halogenated alkanes) is 12. The van der Waals surface area contributed by atoms with Gasteiger partial charge in [0.25, 0.3) is 5.91 Å². The number of carbonyl (C=O) groups is 1. The summed E-state index contributed by atoms with van der Waals surface area (Å²) in [4.78, 5) is 14.5. The van der Waals surface area contributed by atoms with Crippen LogP contribution in [0.2, 0.25) is 0 Å². The van der Waals surface area contributed by atoms with E-state index in [1.807, 2.05) is 0 Å². The zero-order valence-electron chi connectivity index (χ0n) is 18.7. The second-order valence-electron chi connectivity index (χ2n) is 8.13. The van der Waals surface area contributed by atoms with Crippen LogP contribution in [0.5, 0.6) is 0 Å². The molecule has 4 heteroatoms. The Hall–Kier alpha value is -1.45. The fraction of sp³-hybridized carbons (Fsp3) is 0.720. The molecule has 0 aliphatic carbocycles. The Labute approximate surface area is 177 Å². The Bertz CT molecular complexity index is 524. The van der Waals surface area contributed by atoms with E-state index in [1.54, 1.807) is 4.90 Å². The van der Waals surface area contributed by atoms with Gasteiger partial charge >= 0.3 is 0 Å². The van der Waals surface area contributed by atoms with Crippen molar-refractivity contribution in [1.29, 1.82) is 0 Å². The first-order chi connectivity index (χ1) is 14.1. The van der Waals surface area contributed by atoms with Crippen molar-refractivity contribution in [2.24, 2.45) is 0 Å². The van der Waals surface area contributed by atoms with Gasteiger partial charge in [0.15, 0.2) is 0 Å². The molecule has 2 nitrogen and oxygen atoms in total. The molecule has 1 aromatic rings. The maximum Gasteiger partial charge on any atom is 0.259 e. The number of amides is 1. The van der Waals surface area contributed by atoms with Crippen LogP contribution >= 0.6 is 0 Å². The second-order valence-corrected chi connectivity index (χ2v) is 8.13. The van der Waals surface area contributed by atoms with E-state index >= 15 is 0 Å². The highest BCUT2D eigenvalue weighted by molar-refractivity contribution is 5.94. The molecule has 0 atom stereocenters. The number of benzene rings is 1. The SMILES string of the molecule is CCCCCCCCCN(CCCCCCCCC)C(=O)c1c(F)cccc1F. The summed E-state index contributed by atoms with van der Waals surface area (Å²) in [6.07, 6.45) is 16.2. The minimum absolute atomic E-state index is 0.404. The third-order valence-corrected chi connectivity index (χ3v) is 5.53. The Balaban J connectivity index is 2.52. The lowest BCUT2D eigenvalue weighted by Gasteiger charge is -2.23. The van der Waals surface area contributed by atoms with Crippen LogP contribution in [0.1, 0.15) is 114 Å². The Morgan fingerprint density at radius 3 is 1.48 bits per heavy atom. The standard InChI is InChI=1S/C25H41F2NO/c1-3-5-7-9-11-13-15-20-28(21-16-14-12-10-8-6-4-2)25(29)24-22(26)18-17-19-23(24)27/h17-19H,3-16,20-21H2,1-2H3. The van der Waals surface area contributed by atoms with E-state index in [0.717, 1.165) is 50.7 Å². The molecular weight excluding hydrogens is 368 g/mol. The molecule has 1 rings (SSSR count). The molecule has 0 aromatic heterocycles. The topological polar surface area (TPSA) is 20.3 Å². The first kappa shape index (κ1) is 25.6. The molecule has 0 aliphatic heterocycles. The summed E-state index contributed by atoms with van der Waals surface area (Å²) in [7, 11) is 0. The maximum absolute atomic E-state index is 14.1. The Morgan fingerprint density at radius 2 is 1.07 bits per heavy atom. The van der Waals surface area contributed by atoms with Gasteiger partial charge < -0.3 is 4.90 Å². The van der Waals surface area contributed by atoms with Gasteiger partial charge in [0, 0.05) is 13.1 Å². The van der Waals surface area contributed by atoms with Gasteiger partial charge in [-0.3, -0.25) is 4.79 Å². The van der Waals surface area contributed by atoms with Crippen LogP contribution in [0.25, 0.3) is 0 Å². The average molecular weight is 410 g/mol. The molecular formula is C25H41F2NO. The fourth-order valence-electron chi connectivity index (χ4n) is 3.69. The number of nitrogens with zero attached hydrogens (tertiary/aromatic N) is 1. The van der Waals surface area contributed by atoms with Crippen molar-refractivity contribution in [2.75, 3.05) is 13.1 Å². The van der Waals surface area contributed by atoms with Crippen LogP contribution in [-0.4, -0.2) is 23.9 Å². The van der Waals surface area contributed by atoms with E-state index in [4.69, 9.17) is 0 Å². The van der Waals surface area contributed by atoms with Gasteiger partial charge in [-0.05, 0) is 25.0 Å². The van der Waals surface area contributed by atoms with Gasteiger partial charge in [-0.25, -0.2) is 8.78 Å². The van der Waals surface area contributed by atoms with E-state index < -0.39 is 23.1 Å². The van der Waals surface area contributed by atoms with E-state index in [9.17, 15) is 13.6 Å². The number of carbonyl (C=O) groups excluding carboxylic acids is 1. The van der Waals surface area contributed by atoms with Crippen LogP contribution in [0, 0.1) is 11.6 Å². The predicted octanol–water partition coefficient (Wildman–Crippen LogP) is 7.91. The van der Waals surface area contributed by atoms with Crippen LogP contribution in [-0.2, 0) is 0 Å². The molecule has 29 heavy (non-hydrogen) atoms. The smallest absolute Gasteiger partial charge is 0.259 e. The number of hydrogen-bond acceptors (Lipinski definition) is 1. The quantitative estimate of drug-likeness (QED) is 0.239. The van der Waals surface area contributed by atoms with Gasteiger partial charge in [0.1, 0.15) is 17.2 Å². The molecule has 0 spiro atoms. The van der Waals surface area contributed by atoms with Crippen molar-refractivity contribution in [2.45, 2.75) is 104 Å². The van der Waals surface area contributed by atoms with Crippen molar-refractivity contribution >= 4 is 5.91 Å². The molecule has 0 saturated carbocycles. The molecule has 0 fully saturated rings. The molecule has 0 unspecified atom stereocenters. The van der Waals surface area contributed by atoms with E-state index in [-0.39, 0.29) is 0 Å². The summed E-state index contributed by atoms with van der Waals surface area (Å²) < 4.78 is 28.2. The first-order valence-corrected chi connectivity index (χ1v) is 11.8. The third-order valence-electron chi connectivity index (χ3n) is 5.53. The van der Waals surface area contributed by atoms with E-state index in [0.29, 0.717) is 13.1 Å². The number of hydrogen-bond donors (Lipinski definition) is 0. The molecule has 166 valence electrons. The summed E-state index contributed by atoms with van der Waals surface area (Å²) in [5, 5.41) is 0.